The minimum atomic E-state index is -0.317. The molecule has 0 spiro atoms. The van der Waals surface area contributed by atoms with Crippen LogP contribution in [0.1, 0.15) is 16.3 Å². The molecule has 0 saturated carbocycles. The quantitative estimate of drug-likeness (QED) is 0.755. The molecule has 1 fully saturated rings. The minimum absolute atomic E-state index is 0.0691. The van der Waals surface area contributed by atoms with Crippen molar-refractivity contribution in [2.24, 2.45) is 0 Å². The van der Waals surface area contributed by atoms with Gasteiger partial charge in [-0.2, -0.15) is 0 Å². The Morgan fingerprint density at radius 3 is 2.43 bits per heavy atom. The zero-order chi connectivity index (χ0) is 21.7. The fourth-order valence-corrected chi connectivity index (χ4v) is 3.37. The third-order valence-corrected chi connectivity index (χ3v) is 5.25. The lowest BCUT2D eigenvalue weighted by Crippen LogP contribution is -2.51. The van der Waals surface area contributed by atoms with Crippen LogP contribution in [0.4, 0.5) is 5.69 Å². The van der Waals surface area contributed by atoms with Crippen molar-refractivity contribution in [2.75, 3.05) is 51.6 Å². The molecule has 0 unspecified atom stereocenters. The Morgan fingerprint density at radius 1 is 1.10 bits per heavy atom. The molecule has 160 valence electrons. The highest BCUT2D eigenvalue weighted by Gasteiger charge is 2.26. The highest BCUT2D eigenvalue weighted by atomic mass is 35.5. The van der Waals surface area contributed by atoms with Gasteiger partial charge in [0, 0.05) is 33.2 Å². The van der Waals surface area contributed by atoms with E-state index >= 15 is 0 Å². The molecule has 3 amide bonds. The van der Waals surface area contributed by atoms with E-state index in [1.165, 1.54) is 4.90 Å². The molecule has 1 aliphatic rings. The van der Waals surface area contributed by atoms with Crippen LogP contribution in [0.5, 0.6) is 0 Å². The van der Waals surface area contributed by atoms with E-state index < -0.39 is 0 Å². The predicted octanol–water partition coefficient (Wildman–Crippen LogP) is 2.10. The molecule has 30 heavy (non-hydrogen) atoms. The third-order valence-electron chi connectivity index (χ3n) is 4.92. The minimum Gasteiger partial charge on any atom is -0.456 e. The third kappa shape index (κ3) is 5.61. The van der Waals surface area contributed by atoms with E-state index in [0.717, 1.165) is 0 Å². The Hall–Kier alpha value is -2.84. The summed E-state index contributed by atoms with van der Waals surface area (Å²) in [4.78, 5) is 42.2. The molecule has 2 aromatic rings. The maximum Gasteiger partial charge on any atom is 0.289 e. The molecule has 0 radical (unpaired) electrons. The van der Waals surface area contributed by atoms with Gasteiger partial charge in [0.15, 0.2) is 5.76 Å². The van der Waals surface area contributed by atoms with E-state index in [4.69, 9.17) is 16.0 Å². The first-order valence-corrected chi connectivity index (χ1v) is 10.1. The zero-order valence-electron chi connectivity index (χ0n) is 17.1. The van der Waals surface area contributed by atoms with Gasteiger partial charge in [0.2, 0.25) is 11.8 Å². The maximum absolute atomic E-state index is 12.5. The number of nitrogens with zero attached hydrogens (tertiary/aromatic N) is 3. The van der Waals surface area contributed by atoms with Crippen molar-refractivity contribution in [1.82, 2.24) is 14.7 Å². The smallest absolute Gasteiger partial charge is 0.289 e. The van der Waals surface area contributed by atoms with Crippen LogP contribution in [0.3, 0.4) is 0 Å². The van der Waals surface area contributed by atoms with Crippen molar-refractivity contribution in [1.29, 1.82) is 0 Å². The van der Waals surface area contributed by atoms with E-state index in [2.05, 4.69) is 5.32 Å². The zero-order valence-corrected chi connectivity index (χ0v) is 17.8. The summed E-state index contributed by atoms with van der Waals surface area (Å²) in [5, 5.41) is 3.15. The number of anilines is 1. The van der Waals surface area contributed by atoms with Crippen molar-refractivity contribution in [2.45, 2.75) is 6.92 Å². The molecule has 0 aliphatic carbocycles. The van der Waals surface area contributed by atoms with Gasteiger partial charge in [0.25, 0.3) is 5.91 Å². The highest BCUT2D eigenvalue weighted by molar-refractivity contribution is 6.33. The molecule has 1 aliphatic heterocycles. The topological polar surface area (TPSA) is 86.1 Å². The number of furan rings is 1. The summed E-state index contributed by atoms with van der Waals surface area (Å²) >= 11 is 6.03. The standard InChI is InChI=1S/C21H25ClN4O4/c1-15-7-8-18(30-15)21(29)26-11-9-25(10-12-26)14-20(28)24(2)13-19(27)23-17-6-4-3-5-16(17)22/h3-8H,9-14H2,1-2H3,(H,23,27). The molecule has 1 aromatic heterocycles. The highest BCUT2D eigenvalue weighted by Crippen LogP contribution is 2.20. The summed E-state index contributed by atoms with van der Waals surface area (Å²) in [6, 6.07) is 10.4. The molecule has 3 rings (SSSR count). The first-order valence-electron chi connectivity index (χ1n) is 9.70. The number of halogens is 1. The average molecular weight is 433 g/mol. The lowest BCUT2D eigenvalue weighted by atomic mass is 10.2. The van der Waals surface area contributed by atoms with Crippen LogP contribution in [0.2, 0.25) is 5.02 Å². The van der Waals surface area contributed by atoms with E-state index in [0.29, 0.717) is 48.4 Å². The molecular formula is C21H25ClN4O4. The maximum atomic E-state index is 12.5. The van der Waals surface area contributed by atoms with Gasteiger partial charge in [-0.1, -0.05) is 23.7 Å². The normalized spacial score (nSPS) is 14.4. The molecular weight excluding hydrogens is 408 g/mol. The number of carbonyl (C=O) groups excluding carboxylic acids is 3. The van der Waals surface area contributed by atoms with Gasteiger partial charge in [0.1, 0.15) is 5.76 Å². The van der Waals surface area contributed by atoms with Crippen molar-refractivity contribution in [3.63, 3.8) is 0 Å². The first-order chi connectivity index (χ1) is 14.3. The number of aryl methyl sites for hydroxylation is 1. The van der Waals surface area contributed by atoms with Crippen LogP contribution >= 0.6 is 11.6 Å². The van der Waals surface area contributed by atoms with Gasteiger partial charge in [-0.05, 0) is 31.2 Å². The fourth-order valence-electron chi connectivity index (χ4n) is 3.18. The molecule has 1 aromatic carbocycles. The summed E-state index contributed by atoms with van der Waals surface area (Å²) in [6.45, 7) is 4.11. The van der Waals surface area contributed by atoms with Crippen LogP contribution in [0.25, 0.3) is 0 Å². The lowest BCUT2D eigenvalue weighted by Gasteiger charge is -2.34. The molecule has 0 atom stereocenters. The molecule has 1 N–H and O–H groups in total. The number of nitrogens with one attached hydrogen (secondary N) is 1. The number of rotatable bonds is 6. The SMILES string of the molecule is Cc1ccc(C(=O)N2CCN(CC(=O)N(C)CC(=O)Nc3ccccc3Cl)CC2)o1. The fraction of sp³-hybridized carbons (Fsp3) is 0.381. The first kappa shape index (κ1) is 21.9. The van der Waals surface area contributed by atoms with Crippen molar-refractivity contribution in [3.05, 3.63) is 52.9 Å². The van der Waals surface area contributed by atoms with Gasteiger partial charge >= 0.3 is 0 Å². The van der Waals surface area contributed by atoms with Gasteiger partial charge in [-0.25, -0.2) is 0 Å². The van der Waals surface area contributed by atoms with Gasteiger partial charge < -0.3 is 19.5 Å². The van der Waals surface area contributed by atoms with Crippen molar-refractivity contribution >= 4 is 35.0 Å². The van der Waals surface area contributed by atoms with Crippen molar-refractivity contribution < 1.29 is 18.8 Å². The summed E-state index contributed by atoms with van der Waals surface area (Å²) in [6.07, 6.45) is 0. The number of hydrogen-bond donors (Lipinski definition) is 1. The van der Waals surface area contributed by atoms with Gasteiger partial charge in [-0.15, -0.1) is 0 Å². The van der Waals surface area contributed by atoms with Crippen LogP contribution in [-0.2, 0) is 9.59 Å². The van der Waals surface area contributed by atoms with E-state index in [1.54, 1.807) is 55.3 Å². The van der Waals surface area contributed by atoms with Crippen LogP contribution in [0, 0.1) is 6.92 Å². The van der Waals surface area contributed by atoms with Gasteiger partial charge in [0.05, 0.1) is 23.8 Å². The van der Waals surface area contributed by atoms with E-state index in [9.17, 15) is 14.4 Å². The monoisotopic (exact) mass is 432 g/mol. The Kier molecular flexibility index (Phi) is 7.12. The number of amides is 3. The molecule has 0 bridgehead atoms. The second-order valence-electron chi connectivity index (χ2n) is 7.26. The summed E-state index contributed by atoms with van der Waals surface area (Å²) in [5.41, 5.74) is 0.512. The number of piperazine rings is 1. The summed E-state index contributed by atoms with van der Waals surface area (Å²) < 4.78 is 5.40. The number of carbonyl (C=O) groups is 3. The largest absolute Gasteiger partial charge is 0.456 e. The number of benzene rings is 1. The predicted molar refractivity (Wildman–Crippen MR) is 114 cm³/mol. The number of hydrogen-bond acceptors (Lipinski definition) is 5. The molecule has 2 heterocycles. The second kappa shape index (κ2) is 9.77. The Labute approximate surface area is 180 Å². The number of likely N-dealkylation sites (N-methyl/N-ethyl adjacent to an activating group) is 1. The van der Waals surface area contributed by atoms with Crippen LogP contribution in [-0.4, -0.2) is 78.7 Å². The van der Waals surface area contributed by atoms with Crippen molar-refractivity contribution in [3.8, 4) is 0 Å². The number of para-hydroxylation sites is 1. The van der Waals surface area contributed by atoms with E-state index in [-0.39, 0.29) is 30.8 Å². The summed E-state index contributed by atoms with van der Waals surface area (Å²) in [7, 11) is 1.59. The van der Waals surface area contributed by atoms with Crippen LogP contribution in [0.15, 0.2) is 40.8 Å². The molecule has 8 nitrogen and oxygen atoms in total. The average Bonchev–Trinajstić information content (AvgIpc) is 3.16. The second-order valence-corrected chi connectivity index (χ2v) is 7.66. The van der Waals surface area contributed by atoms with Crippen LogP contribution < -0.4 is 5.32 Å². The molecule has 1 saturated heterocycles. The Balaban J connectivity index is 1.43. The van der Waals surface area contributed by atoms with Gasteiger partial charge in [-0.3, -0.25) is 19.3 Å². The summed E-state index contributed by atoms with van der Waals surface area (Å²) in [5.74, 6) is 0.418. The Bertz CT molecular complexity index is 921. The molecule has 9 heteroatoms. The lowest BCUT2D eigenvalue weighted by molar-refractivity contribution is -0.134. The van der Waals surface area contributed by atoms with E-state index in [1.807, 2.05) is 4.90 Å². The Morgan fingerprint density at radius 2 is 1.80 bits per heavy atom.